The molecule has 0 amide bonds. The molecule has 2 aromatic rings. The third kappa shape index (κ3) is 8.46. The molecule has 42 heavy (non-hydrogen) atoms. The van der Waals surface area contributed by atoms with Gasteiger partial charge in [0, 0.05) is 19.5 Å². The van der Waals surface area contributed by atoms with Gasteiger partial charge in [0.25, 0.3) is 0 Å². The number of carboxylic acid groups (broad SMARTS) is 2. The molecule has 2 heterocycles. The van der Waals surface area contributed by atoms with Gasteiger partial charge in [-0.15, -0.1) is 0 Å². The van der Waals surface area contributed by atoms with Gasteiger partial charge in [0.1, 0.15) is 6.10 Å². The summed E-state index contributed by atoms with van der Waals surface area (Å²) in [5, 5.41) is 18.6. The van der Waals surface area contributed by atoms with E-state index in [-0.39, 0.29) is 22.8 Å². The van der Waals surface area contributed by atoms with Gasteiger partial charge in [-0.3, -0.25) is 4.79 Å². The van der Waals surface area contributed by atoms with Gasteiger partial charge in [0.2, 0.25) is 12.2 Å². The summed E-state index contributed by atoms with van der Waals surface area (Å²) in [5.41, 5.74) is 1.70. The number of hydrogen-bond donors (Lipinski definition) is 2. The largest absolute Gasteiger partial charge is 0.478 e. The molecule has 2 N–H and O–H groups in total. The van der Waals surface area contributed by atoms with E-state index < -0.39 is 36.1 Å². The molecule has 11 heteroatoms. The molecule has 4 rings (SSSR count). The van der Waals surface area contributed by atoms with E-state index in [2.05, 4.69) is 11.9 Å². The Balaban J connectivity index is 0.000000287. The molecule has 0 aromatic heterocycles. The number of aliphatic carboxylic acids is 2. The van der Waals surface area contributed by atoms with Crippen molar-refractivity contribution in [2.45, 2.75) is 70.4 Å². The van der Waals surface area contributed by atoms with Gasteiger partial charge in [-0.05, 0) is 64.4 Å². The number of likely N-dealkylation sites (tertiary alicyclic amines) is 1. The van der Waals surface area contributed by atoms with Crippen molar-refractivity contribution in [1.29, 1.82) is 0 Å². The van der Waals surface area contributed by atoms with Gasteiger partial charge in [-0.2, -0.15) is 0 Å². The highest BCUT2D eigenvalue weighted by atomic mass is 16.6. The molecular weight excluding hydrogens is 546 g/mol. The van der Waals surface area contributed by atoms with Crippen LogP contribution in [0.25, 0.3) is 0 Å². The zero-order chi connectivity index (χ0) is 31.0. The predicted octanol–water partition coefficient (Wildman–Crippen LogP) is 3.44. The average Bonchev–Trinajstić information content (AvgIpc) is 3.27. The minimum atomic E-state index is -2.22. The predicted molar refractivity (Wildman–Crippen MR) is 150 cm³/mol. The first-order chi connectivity index (χ1) is 19.8. The summed E-state index contributed by atoms with van der Waals surface area (Å²) in [7, 11) is 2.13. The van der Waals surface area contributed by atoms with Crippen molar-refractivity contribution < 1.29 is 48.4 Å². The lowest BCUT2D eigenvalue weighted by Crippen LogP contribution is -2.45. The van der Waals surface area contributed by atoms with Crippen LogP contribution in [0.2, 0.25) is 0 Å². The molecule has 2 fully saturated rings. The van der Waals surface area contributed by atoms with Crippen LogP contribution in [-0.4, -0.2) is 88.8 Å². The Morgan fingerprint density at radius 2 is 1.26 bits per heavy atom. The van der Waals surface area contributed by atoms with E-state index >= 15 is 0 Å². The lowest BCUT2D eigenvalue weighted by molar-refractivity contribution is -0.166. The van der Waals surface area contributed by atoms with E-state index in [0.717, 1.165) is 43.5 Å². The average molecular weight is 584 g/mol. The smallest absolute Gasteiger partial charge is 0.349 e. The van der Waals surface area contributed by atoms with Gasteiger partial charge in [-0.1, -0.05) is 42.3 Å². The number of esters is 2. The second-order valence-corrected chi connectivity index (χ2v) is 10.7. The maximum absolute atomic E-state index is 12.2. The fourth-order valence-corrected chi connectivity index (χ4v) is 4.70. The molecular formula is C31H37NO10. The number of nitrogens with zero attached hydrogens (tertiary/aromatic N) is 1. The van der Waals surface area contributed by atoms with Crippen molar-refractivity contribution in [2.24, 2.45) is 0 Å². The topological polar surface area (TPSA) is 157 Å². The molecule has 226 valence electrons. The zero-order valence-electron chi connectivity index (χ0n) is 24.2. The van der Waals surface area contributed by atoms with Crippen LogP contribution in [0.1, 0.15) is 64.4 Å². The maximum atomic E-state index is 12.2. The zero-order valence-corrected chi connectivity index (χ0v) is 24.2. The Morgan fingerprint density at radius 3 is 1.60 bits per heavy atom. The lowest BCUT2D eigenvalue weighted by atomic mass is 9.88. The van der Waals surface area contributed by atoms with E-state index in [0.29, 0.717) is 12.2 Å². The van der Waals surface area contributed by atoms with Crippen LogP contribution in [0.15, 0.2) is 48.5 Å². The molecule has 0 aliphatic carbocycles. The molecule has 11 nitrogen and oxygen atoms in total. The highest BCUT2D eigenvalue weighted by Gasteiger charge is 2.46. The Hall–Kier alpha value is -4.09. The molecule has 1 spiro atoms. The number of ketones is 1. The normalized spacial score (nSPS) is 19.2. The van der Waals surface area contributed by atoms with Crippen molar-refractivity contribution in [3.8, 4) is 0 Å². The number of hydrogen-bond acceptors (Lipinski definition) is 9. The number of Topliss-reactive ketones (excluding diaryl/α,β-unsaturated/α-hetero) is 1. The molecule has 3 atom stereocenters. The van der Waals surface area contributed by atoms with Crippen LogP contribution < -0.4 is 0 Å². The number of carboxylic acids is 2. The Labute approximate surface area is 244 Å². The highest BCUT2D eigenvalue weighted by Crippen LogP contribution is 2.37. The lowest BCUT2D eigenvalue weighted by Gasteiger charge is -2.36. The second kappa shape index (κ2) is 14.2. The van der Waals surface area contributed by atoms with E-state index in [1.807, 2.05) is 6.92 Å². The molecule has 0 radical (unpaired) electrons. The fraction of sp³-hybridized carbons (Fsp3) is 0.452. The SMILES string of the molecule is CCC1OC2(CCN(C)CC2)CC1=O.Cc1ccc(C(=O)O[C@H](C(=O)O)[C@H](OC(=O)c2ccc(C)cc2)C(=O)O)cc1. The minimum absolute atomic E-state index is 0.0332. The van der Waals surface area contributed by atoms with Crippen LogP contribution >= 0.6 is 0 Å². The molecule has 2 aliphatic rings. The number of carbonyl (C=O) groups excluding carboxylic acids is 3. The van der Waals surface area contributed by atoms with Crippen LogP contribution in [0, 0.1) is 13.8 Å². The van der Waals surface area contributed by atoms with Crippen molar-refractivity contribution >= 4 is 29.7 Å². The van der Waals surface area contributed by atoms with Gasteiger partial charge in [0.15, 0.2) is 5.78 Å². The van der Waals surface area contributed by atoms with Crippen LogP contribution in [0.5, 0.6) is 0 Å². The maximum Gasteiger partial charge on any atom is 0.349 e. The van der Waals surface area contributed by atoms with E-state index in [1.165, 1.54) is 24.3 Å². The standard InChI is InChI=1S/C20H18O8.C11H19NO2/c1-11-3-7-13(8-4-11)19(25)27-15(17(21)22)16(18(23)24)28-20(26)14-9-5-12(2)6-10-14;1-3-10-9(13)8-11(14-10)4-6-12(2)7-5-11/h3-10,15-16H,1-2H3,(H,21,22)(H,23,24);10H,3-8H2,1-2H3/t15-,16-;/m0./s1. The molecule has 2 saturated heterocycles. The summed E-state index contributed by atoms with van der Waals surface area (Å²) in [6, 6.07) is 12.1. The molecule has 2 aliphatic heterocycles. The molecule has 1 unspecified atom stereocenters. The van der Waals surface area contributed by atoms with Gasteiger partial charge in [0.05, 0.1) is 16.7 Å². The van der Waals surface area contributed by atoms with E-state index in [9.17, 15) is 34.2 Å². The van der Waals surface area contributed by atoms with Crippen molar-refractivity contribution in [3.63, 3.8) is 0 Å². The quantitative estimate of drug-likeness (QED) is 0.439. The first-order valence-electron chi connectivity index (χ1n) is 13.7. The monoisotopic (exact) mass is 583 g/mol. The van der Waals surface area contributed by atoms with E-state index in [1.54, 1.807) is 38.1 Å². The molecule has 0 bridgehead atoms. The van der Waals surface area contributed by atoms with E-state index in [4.69, 9.17) is 14.2 Å². The fourth-order valence-electron chi connectivity index (χ4n) is 4.70. The summed E-state index contributed by atoms with van der Waals surface area (Å²) in [6.07, 6.45) is -1.03. The van der Waals surface area contributed by atoms with Gasteiger partial charge >= 0.3 is 23.9 Å². The number of rotatable bonds is 8. The third-order valence-corrected chi connectivity index (χ3v) is 7.32. The Kier molecular flexibility index (Phi) is 11.0. The Bertz CT molecular complexity index is 1200. The number of carbonyl (C=O) groups is 5. The van der Waals surface area contributed by atoms with Crippen LogP contribution in [0.3, 0.4) is 0 Å². The Morgan fingerprint density at radius 1 is 0.857 bits per heavy atom. The van der Waals surface area contributed by atoms with Gasteiger partial charge in [-0.25, -0.2) is 19.2 Å². The summed E-state index contributed by atoms with van der Waals surface area (Å²) in [5.74, 6) is -5.30. The first-order valence-corrected chi connectivity index (χ1v) is 13.7. The van der Waals surface area contributed by atoms with Crippen LogP contribution in [-0.2, 0) is 28.6 Å². The minimum Gasteiger partial charge on any atom is -0.478 e. The molecule has 0 saturated carbocycles. The number of benzene rings is 2. The van der Waals surface area contributed by atoms with Crippen molar-refractivity contribution in [2.75, 3.05) is 20.1 Å². The summed E-state index contributed by atoms with van der Waals surface area (Å²) in [4.78, 5) is 61.3. The summed E-state index contributed by atoms with van der Waals surface area (Å²) in [6.45, 7) is 7.73. The number of aryl methyl sites for hydroxylation is 2. The summed E-state index contributed by atoms with van der Waals surface area (Å²) < 4.78 is 15.6. The van der Waals surface area contributed by atoms with Gasteiger partial charge < -0.3 is 29.3 Å². The highest BCUT2D eigenvalue weighted by molar-refractivity contribution is 5.95. The van der Waals surface area contributed by atoms with Crippen molar-refractivity contribution in [3.05, 3.63) is 70.8 Å². The van der Waals surface area contributed by atoms with Crippen LogP contribution in [0.4, 0.5) is 0 Å². The first kappa shape index (κ1) is 32.4. The molecule has 2 aromatic carbocycles. The summed E-state index contributed by atoms with van der Waals surface area (Å²) >= 11 is 0. The third-order valence-electron chi connectivity index (χ3n) is 7.32. The van der Waals surface area contributed by atoms with Crippen molar-refractivity contribution in [1.82, 2.24) is 4.90 Å². The number of piperidine rings is 1. The second-order valence-electron chi connectivity index (χ2n) is 10.7. The number of ether oxygens (including phenoxy) is 3.